The van der Waals surface area contributed by atoms with Gasteiger partial charge in [-0.2, -0.15) is 0 Å². The molecule has 0 saturated carbocycles. The molecule has 0 spiro atoms. The van der Waals surface area contributed by atoms with Gasteiger partial charge in [0.25, 0.3) is 5.56 Å². The Morgan fingerprint density at radius 3 is 2.45 bits per heavy atom. The summed E-state index contributed by atoms with van der Waals surface area (Å²) in [5.41, 5.74) is 1.56. The van der Waals surface area contributed by atoms with Gasteiger partial charge in [0, 0.05) is 18.8 Å². The summed E-state index contributed by atoms with van der Waals surface area (Å²) in [6, 6.07) is 10.8. The van der Waals surface area contributed by atoms with E-state index in [4.69, 9.17) is 9.84 Å². The Labute approximate surface area is 128 Å². The molecule has 5 heteroatoms. The van der Waals surface area contributed by atoms with E-state index in [0.717, 1.165) is 16.9 Å². The van der Waals surface area contributed by atoms with Crippen LogP contribution in [0.15, 0.2) is 47.4 Å². The predicted octanol–water partition coefficient (Wildman–Crippen LogP) is 2.50. The van der Waals surface area contributed by atoms with Gasteiger partial charge < -0.3 is 14.4 Å². The van der Waals surface area contributed by atoms with Crippen molar-refractivity contribution in [1.82, 2.24) is 4.57 Å². The number of benzene rings is 1. The van der Waals surface area contributed by atoms with Crippen molar-refractivity contribution < 1.29 is 14.6 Å². The van der Waals surface area contributed by atoms with Crippen LogP contribution in [0.3, 0.4) is 0 Å². The lowest BCUT2D eigenvalue weighted by molar-refractivity contribution is -0.137. The number of nitrogens with zero attached hydrogens (tertiary/aromatic N) is 1. The standard InChI is InChI=1S/C17H17NO4/c1-22-15-6-4-13(5-7-15)2-3-14-8-10-18(16(19)12-14)11-9-17(20)21/h2-8,10,12H,9,11H2,1H3,(H,20,21)/b3-2+. The molecule has 2 aromatic rings. The lowest BCUT2D eigenvalue weighted by Gasteiger charge is -2.03. The lowest BCUT2D eigenvalue weighted by atomic mass is 10.1. The third-order valence-electron chi connectivity index (χ3n) is 3.17. The minimum Gasteiger partial charge on any atom is -0.497 e. The summed E-state index contributed by atoms with van der Waals surface area (Å²) in [4.78, 5) is 22.4. The van der Waals surface area contributed by atoms with Crippen molar-refractivity contribution in [3.63, 3.8) is 0 Å². The van der Waals surface area contributed by atoms with Crippen LogP contribution in [0.4, 0.5) is 0 Å². The first-order valence-corrected chi connectivity index (χ1v) is 6.83. The number of rotatable bonds is 6. The molecule has 0 unspecified atom stereocenters. The molecule has 0 aliphatic carbocycles. The van der Waals surface area contributed by atoms with Crippen LogP contribution < -0.4 is 10.3 Å². The first kappa shape index (κ1) is 15.6. The number of hydrogen-bond acceptors (Lipinski definition) is 3. The van der Waals surface area contributed by atoms with Crippen LogP contribution in [0.5, 0.6) is 5.75 Å². The largest absolute Gasteiger partial charge is 0.497 e. The second-order valence-electron chi connectivity index (χ2n) is 4.74. The first-order valence-electron chi connectivity index (χ1n) is 6.83. The SMILES string of the molecule is COc1ccc(/C=C/c2ccn(CCC(=O)O)c(=O)c2)cc1. The Balaban J connectivity index is 2.09. The van der Waals surface area contributed by atoms with Crippen molar-refractivity contribution in [3.8, 4) is 5.75 Å². The number of methoxy groups -OCH3 is 1. The molecule has 0 atom stereocenters. The van der Waals surface area contributed by atoms with E-state index in [0.29, 0.717) is 0 Å². The van der Waals surface area contributed by atoms with Crippen molar-refractivity contribution in [2.75, 3.05) is 7.11 Å². The number of aliphatic carboxylic acids is 1. The maximum atomic E-state index is 11.9. The summed E-state index contributed by atoms with van der Waals surface area (Å²) in [5, 5.41) is 8.63. The molecule has 1 aromatic heterocycles. The highest BCUT2D eigenvalue weighted by Crippen LogP contribution is 2.13. The van der Waals surface area contributed by atoms with Gasteiger partial charge in [-0.1, -0.05) is 24.3 Å². The van der Waals surface area contributed by atoms with Crippen LogP contribution in [-0.2, 0) is 11.3 Å². The minimum absolute atomic E-state index is 0.0685. The molecule has 22 heavy (non-hydrogen) atoms. The van der Waals surface area contributed by atoms with E-state index in [9.17, 15) is 9.59 Å². The third-order valence-corrected chi connectivity index (χ3v) is 3.17. The number of carbonyl (C=O) groups is 1. The average molecular weight is 299 g/mol. The van der Waals surface area contributed by atoms with Gasteiger partial charge in [-0.25, -0.2) is 0 Å². The maximum Gasteiger partial charge on any atom is 0.305 e. The summed E-state index contributed by atoms with van der Waals surface area (Å²) >= 11 is 0. The third kappa shape index (κ3) is 4.34. The molecule has 0 aliphatic rings. The van der Waals surface area contributed by atoms with E-state index in [1.54, 1.807) is 19.4 Å². The smallest absolute Gasteiger partial charge is 0.305 e. The van der Waals surface area contributed by atoms with E-state index < -0.39 is 5.97 Å². The normalized spacial score (nSPS) is 10.8. The second-order valence-corrected chi connectivity index (χ2v) is 4.74. The topological polar surface area (TPSA) is 68.5 Å². The van der Waals surface area contributed by atoms with Crippen LogP contribution in [0.2, 0.25) is 0 Å². The highest BCUT2D eigenvalue weighted by molar-refractivity contribution is 5.69. The fourth-order valence-electron chi connectivity index (χ4n) is 1.94. The molecule has 2 rings (SSSR count). The van der Waals surface area contributed by atoms with Gasteiger partial charge in [-0.3, -0.25) is 9.59 Å². The maximum absolute atomic E-state index is 11.9. The molecule has 1 aromatic carbocycles. The van der Waals surface area contributed by atoms with E-state index in [2.05, 4.69) is 0 Å². The Hall–Kier alpha value is -2.82. The quantitative estimate of drug-likeness (QED) is 0.890. The van der Waals surface area contributed by atoms with E-state index in [-0.39, 0.29) is 18.5 Å². The minimum atomic E-state index is -0.921. The zero-order valence-corrected chi connectivity index (χ0v) is 12.2. The van der Waals surface area contributed by atoms with Crippen LogP contribution in [0, 0.1) is 0 Å². The summed E-state index contributed by atoms with van der Waals surface area (Å²) in [7, 11) is 1.62. The van der Waals surface area contributed by atoms with Crippen molar-refractivity contribution in [2.24, 2.45) is 0 Å². The number of ether oxygens (including phenoxy) is 1. The van der Waals surface area contributed by atoms with Gasteiger partial charge in [0.05, 0.1) is 13.5 Å². The Bertz CT molecular complexity index is 729. The fourth-order valence-corrected chi connectivity index (χ4v) is 1.94. The van der Waals surface area contributed by atoms with Gasteiger partial charge in [-0.05, 0) is 29.3 Å². The molecule has 0 aliphatic heterocycles. The van der Waals surface area contributed by atoms with Crippen LogP contribution in [0.1, 0.15) is 17.5 Å². The number of carboxylic acid groups (broad SMARTS) is 1. The lowest BCUT2D eigenvalue weighted by Crippen LogP contribution is -2.20. The molecule has 0 amide bonds. The Morgan fingerprint density at radius 1 is 1.18 bits per heavy atom. The molecule has 0 fully saturated rings. The second kappa shape index (κ2) is 7.26. The Morgan fingerprint density at radius 2 is 1.86 bits per heavy atom. The number of aromatic nitrogens is 1. The molecule has 0 radical (unpaired) electrons. The number of hydrogen-bond donors (Lipinski definition) is 1. The van der Waals surface area contributed by atoms with Gasteiger partial charge in [0.2, 0.25) is 0 Å². The summed E-state index contributed by atoms with van der Waals surface area (Å²) in [6.45, 7) is 0.177. The summed E-state index contributed by atoms with van der Waals surface area (Å²) in [6.07, 6.45) is 5.28. The summed E-state index contributed by atoms with van der Waals surface area (Å²) in [5.74, 6) is -0.131. The molecule has 1 N–H and O–H groups in total. The van der Waals surface area contributed by atoms with Gasteiger partial charge in [0.1, 0.15) is 5.75 Å². The van der Waals surface area contributed by atoms with Crippen molar-refractivity contribution in [1.29, 1.82) is 0 Å². The number of pyridine rings is 1. The van der Waals surface area contributed by atoms with Crippen molar-refractivity contribution in [3.05, 3.63) is 64.1 Å². The fraction of sp³-hybridized carbons (Fsp3) is 0.176. The molecular weight excluding hydrogens is 282 g/mol. The van der Waals surface area contributed by atoms with Gasteiger partial charge in [0.15, 0.2) is 0 Å². The zero-order chi connectivity index (χ0) is 15.9. The molecule has 0 saturated heterocycles. The summed E-state index contributed by atoms with van der Waals surface area (Å²) < 4.78 is 6.48. The molecule has 0 bridgehead atoms. The molecular formula is C17H17NO4. The highest BCUT2D eigenvalue weighted by Gasteiger charge is 2.00. The molecule has 1 heterocycles. The van der Waals surface area contributed by atoms with Crippen LogP contribution >= 0.6 is 0 Å². The van der Waals surface area contributed by atoms with Crippen LogP contribution in [0.25, 0.3) is 12.2 Å². The Kier molecular flexibility index (Phi) is 5.14. The van der Waals surface area contributed by atoms with E-state index >= 15 is 0 Å². The average Bonchev–Trinajstić information content (AvgIpc) is 2.52. The predicted molar refractivity (Wildman–Crippen MR) is 84.9 cm³/mol. The van der Waals surface area contributed by atoms with Gasteiger partial charge >= 0.3 is 5.97 Å². The van der Waals surface area contributed by atoms with Crippen LogP contribution in [-0.4, -0.2) is 22.8 Å². The van der Waals surface area contributed by atoms with Crippen molar-refractivity contribution in [2.45, 2.75) is 13.0 Å². The molecule has 5 nitrogen and oxygen atoms in total. The first-order chi connectivity index (χ1) is 10.6. The molecule has 114 valence electrons. The van der Waals surface area contributed by atoms with Crippen molar-refractivity contribution >= 4 is 18.1 Å². The zero-order valence-electron chi connectivity index (χ0n) is 12.2. The van der Waals surface area contributed by atoms with Gasteiger partial charge in [-0.15, -0.1) is 0 Å². The number of aryl methyl sites for hydroxylation is 1. The monoisotopic (exact) mass is 299 g/mol. The highest BCUT2D eigenvalue weighted by atomic mass is 16.5. The van der Waals surface area contributed by atoms with E-state index in [1.807, 2.05) is 36.4 Å². The number of carboxylic acids is 1. The van der Waals surface area contributed by atoms with E-state index in [1.165, 1.54) is 10.6 Å².